The maximum atomic E-state index is 12.3. The van der Waals surface area contributed by atoms with Crippen LogP contribution >= 0.6 is 0 Å². The van der Waals surface area contributed by atoms with Crippen molar-refractivity contribution in [3.05, 3.63) is 29.3 Å². The summed E-state index contributed by atoms with van der Waals surface area (Å²) in [4.78, 5) is 13.9. The molecule has 4 nitrogen and oxygen atoms in total. The Kier molecular flexibility index (Phi) is 4.65. The third-order valence-corrected chi connectivity index (χ3v) is 3.69. The zero-order chi connectivity index (χ0) is 14.7. The largest absolute Gasteiger partial charge is 0.392 e. The van der Waals surface area contributed by atoms with E-state index in [9.17, 15) is 9.90 Å². The zero-order valence-electron chi connectivity index (χ0n) is 12.5. The number of amides is 2. The fourth-order valence-corrected chi connectivity index (χ4v) is 2.66. The molecular weight excluding hydrogens is 252 g/mol. The van der Waals surface area contributed by atoms with E-state index in [0.29, 0.717) is 6.54 Å². The average Bonchev–Trinajstić information content (AvgIpc) is 2.82. The Hall–Kier alpha value is -1.55. The van der Waals surface area contributed by atoms with Crippen molar-refractivity contribution in [3.63, 3.8) is 0 Å². The number of nitrogens with one attached hydrogen (secondary N) is 1. The van der Waals surface area contributed by atoms with Crippen LogP contribution in [0.4, 0.5) is 10.5 Å². The summed E-state index contributed by atoms with van der Waals surface area (Å²) in [6.45, 7) is 5.93. The predicted octanol–water partition coefficient (Wildman–Crippen LogP) is 2.80. The minimum atomic E-state index is -0.525. The highest BCUT2D eigenvalue weighted by Gasteiger charge is 2.19. The van der Waals surface area contributed by atoms with Crippen molar-refractivity contribution >= 4 is 11.7 Å². The Labute approximate surface area is 120 Å². The van der Waals surface area contributed by atoms with Gasteiger partial charge in [0.25, 0.3) is 0 Å². The molecule has 2 N–H and O–H groups in total. The van der Waals surface area contributed by atoms with Gasteiger partial charge in [-0.1, -0.05) is 6.07 Å². The monoisotopic (exact) mass is 276 g/mol. The quantitative estimate of drug-likeness (QED) is 0.888. The molecule has 1 atom stereocenters. The van der Waals surface area contributed by atoms with E-state index >= 15 is 0 Å². The summed E-state index contributed by atoms with van der Waals surface area (Å²) in [6, 6.07) is 6.04. The topological polar surface area (TPSA) is 52.6 Å². The lowest BCUT2D eigenvalue weighted by Crippen LogP contribution is -2.43. The normalized spacial score (nSPS) is 15.1. The number of hydrogen-bond acceptors (Lipinski definition) is 2. The van der Waals surface area contributed by atoms with E-state index in [1.807, 2.05) is 19.9 Å². The van der Waals surface area contributed by atoms with Crippen molar-refractivity contribution in [3.8, 4) is 0 Å². The van der Waals surface area contributed by atoms with Gasteiger partial charge in [-0.15, -0.1) is 0 Å². The minimum absolute atomic E-state index is 0.0547. The number of urea groups is 1. The first kappa shape index (κ1) is 14.9. The summed E-state index contributed by atoms with van der Waals surface area (Å²) in [5.41, 5.74) is 3.58. The highest BCUT2D eigenvalue weighted by atomic mass is 16.3. The van der Waals surface area contributed by atoms with Crippen molar-refractivity contribution in [2.24, 2.45) is 0 Å². The molecule has 0 fully saturated rings. The van der Waals surface area contributed by atoms with Crippen LogP contribution in [0, 0.1) is 0 Å². The van der Waals surface area contributed by atoms with Crippen LogP contribution in [0.1, 0.15) is 38.3 Å². The van der Waals surface area contributed by atoms with E-state index in [1.165, 1.54) is 17.5 Å². The van der Waals surface area contributed by atoms with Crippen molar-refractivity contribution in [2.75, 3.05) is 11.9 Å². The van der Waals surface area contributed by atoms with Crippen LogP contribution in [0.15, 0.2) is 18.2 Å². The third-order valence-electron chi connectivity index (χ3n) is 3.69. The number of hydrogen-bond donors (Lipinski definition) is 2. The van der Waals surface area contributed by atoms with Crippen molar-refractivity contribution in [1.29, 1.82) is 0 Å². The number of carbonyl (C=O) groups is 1. The van der Waals surface area contributed by atoms with Crippen LogP contribution in [0.25, 0.3) is 0 Å². The lowest BCUT2D eigenvalue weighted by molar-refractivity contribution is 0.125. The number of nitrogens with zero attached hydrogens (tertiary/aromatic N) is 1. The number of aliphatic hydroxyl groups is 1. The van der Waals surface area contributed by atoms with Crippen molar-refractivity contribution in [1.82, 2.24) is 4.90 Å². The SMILES string of the molecule is CC(O)CN(C(=O)Nc1ccc2c(c1)CCC2)C(C)C. The number of rotatable bonds is 4. The molecule has 0 spiro atoms. The summed E-state index contributed by atoms with van der Waals surface area (Å²) in [7, 11) is 0. The first-order chi connectivity index (χ1) is 9.47. The molecule has 2 amide bonds. The Balaban J connectivity index is 2.06. The van der Waals surface area contributed by atoms with Gasteiger partial charge >= 0.3 is 6.03 Å². The molecule has 1 unspecified atom stereocenters. The molecule has 1 aliphatic rings. The molecule has 0 saturated heterocycles. The van der Waals surface area contributed by atoms with Gasteiger partial charge in [0.1, 0.15) is 0 Å². The summed E-state index contributed by atoms with van der Waals surface area (Å²) in [5.74, 6) is 0. The van der Waals surface area contributed by atoms with Gasteiger partial charge in [0.05, 0.1) is 6.10 Å². The van der Waals surface area contributed by atoms with E-state index in [1.54, 1.807) is 11.8 Å². The Bertz CT molecular complexity index is 483. The van der Waals surface area contributed by atoms with Crippen LogP contribution in [0.5, 0.6) is 0 Å². The van der Waals surface area contributed by atoms with Gasteiger partial charge in [0.15, 0.2) is 0 Å². The summed E-state index contributed by atoms with van der Waals surface area (Å²) < 4.78 is 0. The molecule has 0 aliphatic heterocycles. The second-order valence-corrected chi connectivity index (χ2v) is 5.86. The molecule has 0 heterocycles. The van der Waals surface area contributed by atoms with Crippen LogP contribution in [0.3, 0.4) is 0 Å². The second-order valence-electron chi connectivity index (χ2n) is 5.86. The lowest BCUT2D eigenvalue weighted by Gasteiger charge is -2.28. The number of carbonyl (C=O) groups excluding carboxylic acids is 1. The van der Waals surface area contributed by atoms with E-state index in [-0.39, 0.29) is 12.1 Å². The molecule has 110 valence electrons. The number of anilines is 1. The van der Waals surface area contributed by atoms with E-state index < -0.39 is 6.10 Å². The highest BCUT2D eigenvalue weighted by molar-refractivity contribution is 5.89. The fourth-order valence-electron chi connectivity index (χ4n) is 2.66. The van der Waals surface area contributed by atoms with E-state index in [2.05, 4.69) is 17.4 Å². The second kappa shape index (κ2) is 6.27. The van der Waals surface area contributed by atoms with Gasteiger partial charge in [0.2, 0.25) is 0 Å². The fraction of sp³-hybridized carbons (Fsp3) is 0.562. The first-order valence-corrected chi connectivity index (χ1v) is 7.35. The maximum absolute atomic E-state index is 12.3. The van der Waals surface area contributed by atoms with Crippen LogP contribution in [-0.2, 0) is 12.8 Å². The third kappa shape index (κ3) is 3.51. The Morgan fingerprint density at radius 2 is 2.00 bits per heavy atom. The summed E-state index contributed by atoms with van der Waals surface area (Å²) in [6.07, 6.45) is 2.92. The number of fused-ring (bicyclic) bond motifs is 1. The van der Waals surface area contributed by atoms with E-state index in [4.69, 9.17) is 0 Å². The molecule has 0 aromatic heterocycles. The van der Waals surface area contributed by atoms with Crippen LogP contribution < -0.4 is 5.32 Å². The standard InChI is InChI=1S/C16H24N2O2/c1-11(2)18(10-12(3)19)16(20)17-15-8-7-13-5-4-6-14(13)9-15/h7-9,11-12,19H,4-6,10H2,1-3H3,(H,17,20). The van der Waals surface area contributed by atoms with Gasteiger partial charge < -0.3 is 15.3 Å². The highest BCUT2D eigenvalue weighted by Crippen LogP contribution is 2.25. The van der Waals surface area contributed by atoms with Crippen molar-refractivity contribution < 1.29 is 9.90 Å². The smallest absolute Gasteiger partial charge is 0.322 e. The molecule has 2 rings (SSSR count). The summed E-state index contributed by atoms with van der Waals surface area (Å²) >= 11 is 0. The first-order valence-electron chi connectivity index (χ1n) is 7.35. The maximum Gasteiger partial charge on any atom is 0.322 e. The van der Waals surface area contributed by atoms with Gasteiger partial charge in [-0.3, -0.25) is 0 Å². The van der Waals surface area contributed by atoms with Crippen molar-refractivity contribution in [2.45, 2.75) is 52.2 Å². The Morgan fingerprint density at radius 3 is 2.65 bits per heavy atom. The Morgan fingerprint density at radius 1 is 1.30 bits per heavy atom. The molecular formula is C16H24N2O2. The predicted molar refractivity (Wildman–Crippen MR) is 81.0 cm³/mol. The van der Waals surface area contributed by atoms with Gasteiger partial charge in [-0.2, -0.15) is 0 Å². The summed E-state index contributed by atoms with van der Waals surface area (Å²) in [5, 5.41) is 12.4. The lowest BCUT2D eigenvalue weighted by atomic mass is 10.1. The van der Waals surface area contributed by atoms with E-state index in [0.717, 1.165) is 18.5 Å². The average molecular weight is 276 g/mol. The van der Waals surface area contributed by atoms with Gasteiger partial charge in [0, 0.05) is 18.3 Å². The van der Waals surface area contributed by atoms with Crippen LogP contribution in [0.2, 0.25) is 0 Å². The number of benzene rings is 1. The number of aryl methyl sites for hydroxylation is 2. The van der Waals surface area contributed by atoms with Crippen LogP contribution in [-0.4, -0.2) is 34.7 Å². The molecule has 0 bridgehead atoms. The molecule has 20 heavy (non-hydrogen) atoms. The molecule has 4 heteroatoms. The molecule has 1 aliphatic carbocycles. The molecule has 1 aromatic rings. The minimum Gasteiger partial charge on any atom is -0.392 e. The van der Waals surface area contributed by atoms with Gasteiger partial charge in [-0.05, 0) is 63.3 Å². The molecule has 1 aromatic carbocycles. The van der Waals surface area contributed by atoms with Gasteiger partial charge in [-0.25, -0.2) is 4.79 Å². The zero-order valence-corrected chi connectivity index (χ0v) is 12.5. The molecule has 0 saturated carbocycles. The number of aliphatic hydroxyl groups excluding tert-OH is 1. The molecule has 0 radical (unpaired) electrons.